The molecule has 2 rings (SSSR count). The number of nitrogens with zero attached hydrogens (tertiary/aromatic N) is 1. The van der Waals surface area contributed by atoms with Crippen LogP contribution < -0.4 is 10.2 Å². The number of hydrogen-bond donors (Lipinski definition) is 1. The van der Waals surface area contributed by atoms with Gasteiger partial charge in [-0.2, -0.15) is 0 Å². The van der Waals surface area contributed by atoms with Gasteiger partial charge in [0.25, 0.3) is 0 Å². The molecule has 21 heavy (non-hydrogen) atoms. The zero-order valence-corrected chi connectivity index (χ0v) is 12.6. The van der Waals surface area contributed by atoms with Gasteiger partial charge in [0.2, 0.25) is 0 Å². The van der Waals surface area contributed by atoms with E-state index in [4.69, 9.17) is 0 Å². The number of rotatable bonds is 2. The third-order valence-electron chi connectivity index (χ3n) is 3.90. The summed E-state index contributed by atoms with van der Waals surface area (Å²) in [5, 5.41) is 3.28. The minimum Gasteiger partial charge on any atom is -0.360 e. The molecule has 0 bridgehead atoms. The summed E-state index contributed by atoms with van der Waals surface area (Å²) in [6.45, 7) is 8.31. The van der Waals surface area contributed by atoms with Crippen LogP contribution in [-0.2, 0) is 0 Å². The molecule has 1 N–H and O–H groups in total. The van der Waals surface area contributed by atoms with Crippen LogP contribution in [0.4, 0.5) is 23.2 Å². The number of benzene rings is 1. The zero-order valence-electron chi connectivity index (χ0n) is 12.6. The minimum atomic E-state index is -1.37. The third kappa shape index (κ3) is 3.00. The highest BCUT2D eigenvalue weighted by Crippen LogP contribution is 2.33. The third-order valence-corrected chi connectivity index (χ3v) is 3.90. The summed E-state index contributed by atoms with van der Waals surface area (Å²) in [5.41, 5.74) is -1.02. The van der Waals surface area contributed by atoms with Gasteiger partial charge in [0.05, 0.1) is 0 Å². The fraction of sp³-hybridized carbons (Fsp3) is 0.600. The Balaban J connectivity index is 2.55. The van der Waals surface area contributed by atoms with Crippen LogP contribution in [0, 0.1) is 29.2 Å². The Bertz CT molecular complexity index is 517. The van der Waals surface area contributed by atoms with Crippen molar-refractivity contribution in [2.24, 2.45) is 5.92 Å². The normalized spacial score (nSPS) is 22.0. The smallest absolute Gasteiger partial charge is 0.185 e. The second-order valence-corrected chi connectivity index (χ2v) is 6.52. The van der Waals surface area contributed by atoms with Gasteiger partial charge in [0.15, 0.2) is 23.3 Å². The molecule has 1 aliphatic heterocycles. The van der Waals surface area contributed by atoms with E-state index in [-0.39, 0.29) is 24.6 Å². The highest BCUT2D eigenvalue weighted by atomic mass is 19.2. The van der Waals surface area contributed by atoms with Gasteiger partial charge >= 0.3 is 0 Å². The lowest BCUT2D eigenvalue weighted by Gasteiger charge is -2.47. The van der Waals surface area contributed by atoms with Crippen molar-refractivity contribution in [3.05, 3.63) is 29.3 Å². The number of anilines is 1. The molecule has 6 heteroatoms. The van der Waals surface area contributed by atoms with Crippen molar-refractivity contribution in [2.75, 3.05) is 18.0 Å². The highest BCUT2D eigenvalue weighted by molar-refractivity contribution is 5.52. The lowest BCUT2D eigenvalue weighted by atomic mass is 9.92. The average molecular weight is 304 g/mol. The van der Waals surface area contributed by atoms with E-state index in [0.717, 1.165) is 0 Å². The summed E-state index contributed by atoms with van der Waals surface area (Å²) in [7, 11) is 0. The van der Waals surface area contributed by atoms with Crippen molar-refractivity contribution >= 4 is 5.69 Å². The first-order valence-corrected chi connectivity index (χ1v) is 6.98. The van der Waals surface area contributed by atoms with E-state index >= 15 is 0 Å². The molecule has 1 fully saturated rings. The predicted molar refractivity (Wildman–Crippen MR) is 74.3 cm³/mol. The molecular formula is C15H20F4N2. The zero-order chi connectivity index (χ0) is 15.9. The molecule has 0 aromatic heterocycles. The molecule has 0 amide bonds. The lowest BCUT2D eigenvalue weighted by Crippen LogP contribution is -2.63. The van der Waals surface area contributed by atoms with Crippen molar-refractivity contribution in [3.63, 3.8) is 0 Å². The molecular weight excluding hydrogens is 284 g/mol. The van der Waals surface area contributed by atoms with E-state index in [0.29, 0.717) is 6.54 Å². The molecule has 2 nitrogen and oxygen atoms in total. The number of piperazine rings is 1. The topological polar surface area (TPSA) is 15.3 Å². The quantitative estimate of drug-likeness (QED) is 0.665. The van der Waals surface area contributed by atoms with Gasteiger partial charge in [-0.25, -0.2) is 17.6 Å². The molecule has 1 aromatic rings. The summed E-state index contributed by atoms with van der Waals surface area (Å²) >= 11 is 0. The lowest BCUT2D eigenvalue weighted by molar-refractivity contribution is 0.271. The van der Waals surface area contributed by atoms with Crippen molar-refractivity contribution < 1.29 is 17.6 Å². The van der Waals surface area contributed by atoms with Crippen LogP contribution in [0.1, 0.15) is 27.7 Å². The molecule has 1 saturated heterocycles. The van der Waals surface area contributed by atoms with E-state index in [1.165, 1.54) is 4.90 Å². The summed E-state index contributed by atoms with van der Waals surface area (Å²) in [6.07, 6.45) is 0. The molecule has 0 aliphatic carbocycles. The van der Waals surface area contributed by atoms with Gasteiger partial charge in [-0.15, -0.1) is 0 Å². The largest absolute Gasteiger partial charge is 0.360 e. The molecule has 0 spiro atoms. The second kappa shape index (κ2) is 5.48. The average Bonchev–Trinajstić information content (AvgIpc) is 2.35. The van der Waals surface area contributed by atoms with E-state index in [1.54, 1.807) is 0 Å². The number of nitrogens with one attached hydrogen (secondary N) is 1. The van der Waals surface area contributed by atoms with Gasteiger partial charge in [-0.3, -0.25) is 0 Å². The van der Waals surface area contributed by atoms with Crippen LogP contribution in [-0.4, -0.2) is 24.7 Å². The fourth-order valence-corrected chi connectivity index (χ4v) is 2.74. The van der Waals surface area contributed by atoms with E-state index in [2.05, 4.69) is 5.32 Å². The van der Waals surface area contributed by atoms with E-state index in [9.17, 15) is 17.6 Å². The van der Waals surface area contributed by atoms with Gasteiger partial charge in [-0.05, 0) is 19.8 Å². The summed E-state index contributed by atoms with van der Waals surface area (Å²) in [4.78, 5) is 1.44. The second-order valence-electron chi connectivity index (χ2n) is 6.52. The SMILES string of the molecule is CC(C)C1CNC(C)(C)CN1c1c(F)c(F)cc(F)c1F. The first kappa shape index (κ1) is 16.1. The highest BCUT2D eigenvalue weighted by Gasteiger charge is 2.37. The van der Waals surface area contributed by atoms with Crippen molar-refractivity contribution in [1.82, 2.24) is 5.32 Å². The Labute approximate surface area is 122 Å². The Morgan fingerprint density at radius 1 is 1.14 bits per heavy atom. The van der Waals surface area contributed by atoms with Crippen LogP contribution in [0.15, 0.2) is 6.07 Å². The molecule has 1 aliphatic rings. The molecule has 1 unspecified atom stereocenters. The van der Waals surface area contributed by atoms with Crippen molar-refractivity contribution in [3.8, 4) is 0 Å². The molecule has 1 atom stereocenters. The Morgan fingerprint density at radius 2 is 1.67 bits per heavy atom. The summed E-state index contributed by atoms with van der Waals surface area (Å²) < 4.78 is 55.1. The van der Waals surface area contributed by atoms with Crippen molar-refractivity contribution in [1.29, 1.82) is 0 Å². The maximum absolute atomic E-state index is 14.1. The summed E-state index contributed by atoms with van der Waals surface area (Å²) in [6, 6.07) is -0.00506. The van der Waals surface area contributed by atoms with E-state index < -0.39 is 34.5 Å². The fourth-order valence-electron chi connectivity index (χ4n) is 2.74. The molecule has 118 valence electrons. The van der Waals surface area contributed by atoms with Crippen molar-refractivity contribution in [2.45, 2.75) is 39.3 Å². The maximum atomic E-state index is 14.1. The number of halogens is 4. The monoisotopic (exact) mass is 304 g/mol. The summed E-state index contributed by atoms with van der Waals surface area (Å²) in [5.74, 6) is -5.35. The van der Waals surface area contributed by atoms with Crippen LogP contribution in [0.2, 0.25) is 0 Å². The van der Waals surface area contributed by atoms with E-state index in [1.807, 2.05) is 27.7 Å². The van der Waals surface area contributed by atoms with Gasteiger partial charge < -0.3 is 10.2 Å². The molecule has 1 heterocycles. The minimum absolute atomic E-state index is 0.0683. The first-order valence-electron chi connectivity index (χ1n) is 6.98. The van der Waals surface area contributed by atoms with Crippen LogP contribution in [0.5, 0.6) is 0 Å². The predicted octanol–water partition coefficient (Wildman–Crippen LogP) is 3.46. The first-order chi connectivity index (χ1) is 9.64. The Kier molecular flexibility index (Phi) is 4.19. The Hall–Kier alpha value is -1.30. The molecule has 0 saturated carbocycles. The standard InChI is InChI=1S/C15H20F4N2/c1-8(2)11-6-20-15(3,4)7-21(11)14-12(18)9(16)5-10(17)13(14)19/h5,8,11,20H,6-7H2,1-4H3. The van der Waals surface area contributed by atoms with Gasteiger partial charge in [-0.1, -0.05) is 13.8 Å². The van der Waals surface area contributed by atoms with Crippen LogP contribution >= 0.6 is 0 Å². The van der Waals surface area contributed by atoms with Crippen LogP contribution in [0.25, 0.3) is 0 Å². The maximum Gasteiger partial charge on any atom is 0.185 e. The molecule has 1 aromatic carbocycles. The number of hydrogen-bond acceptors (Lipinski definition) is 2. The molecule has 0 radical (unpaired) electrons. The van der Waals surface area contributed by atoms with Gasteiger partial charge in [0.1, 0.15) is 5.69 Å². The Morgan fingerprint density at radius 3 is 2.14 bits per heavy atom. The van der Waals surface area contributed by atoms with Gasteiger partial charge in [0, 0.05) is 30.7 Å². The van der Waals surface area contributed by atoms with Crippen LogP contribution in [0.3, 0.4) is 0 Å².